The number of Topliss-reactive ketones (excluding diaryl/α,β-unsaturated/α-hetero) is 1. The monoisotopic (exact) mass is 447 g/mol. The average Bonchev–Trinajstić information content (AvgIpc) is 2.73. The Bertz CT molecular complexity index is 824. The van der Waals surface area contributed by atoms with E-state index in [0.29, 0.717) is 44.3 Å². The van der Waals surface area contributed by atoms with Gasteiger partial charge in [-0.2, -0.15) is 0 Å². The Morgan fingerprint density at radius 3 is 2.38 bits per heavy atom. The number of carbonyl (C=O) groups excluding carboxylic acids is 2. The van der Waals surface area contributed by atoms with E-state index in [1.165, 1.54) is 0 Å². The molecule has 0 saturated heterocycles. The summed E-state index contributed by atoms with van der Waals surface area (Å²) in [4.78, 5) is 26.7. The van der Waals surface area contributed by atoms with E-state index < -0.39 is 11.7 Å². The molecule has 32 heavy (non-hydrogen) atoms. The molecule has 1 fully saturated rings. The fourth-order valence-electron chi connectivity index (χ4n) is 4.81. The van der Waals surface area contributed by atoms with Gasteiger partial charge in [0.15, 0.2) is 0 Å². The van der Waals surface area contributed by atoms with Crippen molar-refractivity contribution in [1.82, 2.24) is 4.90 Å². The third-order valence-corrected chi connectivity index (χ3v) is 6.75. The maximum absolute atomic E-state index is 15.4. The summed E-state index contributed by atoms with van der Waals surface area (Å²) < 4.78 is 20.9. The van der Waals surface area contributed by atoms with Crippen LogP contribution in [0.4, 0.5) is 9.18 Å². The Morgan fingerprint density at radius 1 is 1.06 bits per heavy atom. The van der Waals surface area contributed by atoms with Crippen LogP contribution < -0.4 is 0 Å². The second-order valence-corrected chi connectivity index (χ2v) is 10.5. The number of amides is 1. The molecule has 0 spiro atoms. The molecule has 0 bridgehead atoms. The first-order valence-corrected chi connectivity index (χ1v) is 12.0. The summed E-state index contributed by atoms with van der Waals surface area (Å²) in [6, 6.07) is 3.77. The van der Waals surface area contributed by atoms with Crippen molar-refractivity contribution < 1.29 is 23.8 Å². The van der Waals surface area contributed by atoms with Crippen molar-refractivity contribution in [2.45, 2.75) is 103 Å². The summed E-state index contributed by atoms with van der Waals surface area (Å²) in [5.41, 5.74) is 1.95. The molecule has 3 rings (SSSR count). The van der Waals surface area contributed by atoms with Gasteiger partial charge in [0.2, 0.25) is 0 Å². The molecule has 1 aliphatic heterocycles. The van der Waals surface area contributed by atoms with E-state index in [1.807, 2.05) is 20.8 Å². The summed E-state index contributed by atoms with van der Waals surface area (Å²) in [6.45, 7) is 8.10. The Labute approximate surface area is 191 Å². The predicted molar refractivity (Wildman–Crippen MR) is 122 cm³/mol. The lowest BCUT2D eigenvalue weighted by molar-refractivity contribution is -0.119. The molecule has 1 aliphatic carbocycles. The van der Waals surface area contributed by atoms with Crippen molar-refractivity contribution >= 4 is 11.9 Å². The minimum Gasteiger partial charge on any atom is -0.444 e. The molecule has 2 aliphatic rings. The van der Waals surface area contributed by atoms with E-state index in [2.05, 4.69) is 13.0 Å². The number of aliphatic hydroxyl groups is 1. The SMILES string of the molecule is CC1CCC(=O)CCN(C(=O)OC(C)(C)C)CCc2c(F)cc(C3CCC(O)CC3)cc21. The lowest BCUT2D eigenvalue weighted by Gasteiger charge is -2.29. The van der Waals surface area contributed by atoms with Gasteiger partial charge in [0.25, 0.3) is 0 Å². The number of ether oxygens (including phenoxy) is 1. The van der Waals surface area contributed by atoms with Gasteiger partial charge in [0, 0.05) is 25.9 Å². The minimum atomic E-state index is -0.632. The summed E-state index contributed by atoms with van der Waals surface area (Å²) in [5, 5.41) is 9.83. The minimum absolute atomic E-state index is 0.0608. The Kier molecular flexibility index (Phi) is 7.97. The molecule has 6 heteroatoms. The first-order chi connectivity index (χ1) is 15.0. The number of nitrogens with zero attached hydrogens (tertiary/aromatic N) is 1. The largest absolute Gasteiger partial charge is 0.444 e. The first kappa shape index (κ1) is 24.7. The molecule has 178 valence electrons. The highest BCUT2D eigenvalue weighted by Crippen LogP contribution is 2.37. The third-order valence-electron chi connectivity index (χ3n) is 6.75. The number of rotatable bonds is 1. The summed E-state index contributed by atoms with van der Waals surface area (Å²) in [6.07, 6.45) is 4.28. The third kappa shape index (κ3) is 6.53. The van der Waals surface area contributed by atoms with Crippen molar-refractivity contribution in [1.29, 1.82) is 0 Å². The molecule has 1 aromatic rings. The molecule has 1 aromatic carbocycles. The molecule has 1 saturated carbocycles. The Balaban J connectivity index is 1.89. The smallest absolute Gasteiger partial charge is 0.410 e. The molecule has 1 amide bonds. The van der Waals surface area contributed by atoms with Gasteiger partial charge in [0.05, 0.1) is 6.10 Å². The molecule has 5 nitrogen and oxygen atoms in total. The second-order valence-electron chi connectivity index (χ2n) is 10.5. The quantitative estimate of drug-likeness (QED) is 0.619. The number of halogens is 1. The zero-order valence-corrected chi connectivity index (χ0v) is 20.0. The van der Waals surface area contributed by atoms with Crippen molar-refractivity contribution in [2.24, 2.45) is 0 Å². The molecule has 1 atom stereocenters. The lowest BCUT2D eigenvalue weighted by Crippen LogP contribution is -2.39. The molecule has 0 radical (unpaired) electrons. The summed E-state index contributed by atoms with van der Waals surface area (Å²) in [7, 11) is 0. The number of ketones is 1. The molecule has 0 aromatic heterocycles. The van der Waals surface area contributed by atoms with Crippen LogP contribution in [0.15, 0.2) is 12.1 Å². The maximum Gasteiger partial charge on any atom is 0.410 e. The number of hydrogen-bond acceptors (Lipinski definition) is 4. The zero-order chi connectivity index (χ0) is 23.5. The number of benzene rings is 1. The predicted octanol–water partition coefficient (Wildman–Crippen LogP) is 5.48. The molecular weight excluding hydrogens is 409 g/mol. The number of hydrogen-bond donors (Lipinski definition) is 1. The molecule has 1 heterocycles. The van der Waals surface area contributed by atoms with Gasteiger partial charge < -0.3 is 14.7 Å². The first-order valence-electron chi connectivity index (χ1n) is 12.0. The zero-order valence-electron chi connectivity index (χ0n) is 20.0. The van der Waals surface area contributed by atoms with Crippen molar-refractivity contribution in [2.75, 3.05) is 13.1 Å². The second kappa shape index (κ2) is 10.3. The van der Waals surface area contributed by atoms with E-state index in [9.17, 15) is 14.7 Å². The van der Waals surface area contributed by atoms with Crippen LogP contribution in [0.1, 0.15) is 101 Å². The lowest BCUT2D eigenvalue weighted by atomic mass is 9.80. The Hall–Kier alpha value is -1.95. The molecule has 1 unspecified atom stereocenters. The number of aliphatic hydroxyl groups excluding tert-OH is 1. The average molecular weight is 448 g/mol. The topological polar surface area (TPSA) is 66.8 Å². The van der Waals surface area contributed by atoms with Gasteiger partial charge in [-0.1, -0.05) is 13.0 Å². The van der Waals surface area contributed by atoms with Gasteiger partial charge in [-0.15, -0.1) is 0 Å². The number of carbonyl (C=O) groups is 2. The van der Waals surface area contributed by atoms with Gasteiger partial charge in [-0.05, 0) is 93.9 Å². The highest BCUT2D eigenvalue weighted by Gasteiger charge is 2.27. The van der Waals surface area contributed by atoms with Gasteiger partial charge in [0.1, 0.15) is 17.2 Å². The normalized spacial score (nSPS) is 25.6. The van der Waals surface area contributed by atoms with Gasteiger partial charge >= 0.3 is 6.09 Å². The highest BCUT2D eigenvalue weighted by molar-refractivity contribution is 5.79. The van der Waals surface area contributed by atoms with E-state index >= 15 is 4.39 Å². The van der Waals surface area contributed by atoms with E-state index in [1.54, 1.807) is 11.0 Å². The fraction of sp³-hybridized carbons (Fsp3) is 0.692. The van der Waals surface area contributed by atoms with Crippen molar-refractivity contribution in [3.8, 4) is 0 Å². The van der Waals surface area contributed by atoms with Crippen LogP contribution >= 0.6 is 0 Å². The standard InChI is InChI=1S/C26H38FNO4/c1-17-5-8-21(30)11-13-28(25(31)32-26(2,3)4)14-12-22-23(17)15-19(16-24(22)27)18-6-9-20(29)10-7-18/h15-18,20,29H,5-14H2,1-4H3. The Morgan fingerprint density at radius 2 is 1.72 bits per heavy atom. The summed E-state index contributed by atoms with van der Waals surface area (Å²) >= 11 is 0. The van der Waals surface area contributed by atoms with Crippen LogP contribution in [-0.4, -0.2) is 46.7 Å². The van der Waals surface area contributed by atoms with Crippen LogP contribution in [0.5, 0.6) is 0 Å². The number of fused-ring (bicyclic) bond motifs is 1. The van der Waals surface area contributed by atoms with Crippen molar-refractivity contribution in [3.05, 3.63) is 34.6 Å². The van der Waals surface area contributed by atoms with Crippen molar-refractivity contribution in [3.63, 3.8) is 0 Å². The van der Waals surface area contributed by atoms with E-state index in [4.69, 9.17) is 4.74 Å². The summed E-state index contributed by atoms with van der Waals surface area (Å²) in [5.74, 6) is 0.200. The van der Waals surface area contributed by atoms with Crippen LogP contribution in [0, 0.1) is 5.82 Å². The van der Waals surface area contributed by atoms with Crippen LogP contribution in [0.25, 0.3) is 0 Å². The van der Waals surface area contributed by atoms with Gasteiger partial charge in [-0.3, -0.25) is 4.79 Å². The highest BCUT2D eigenvalue weighted by atomic mass is 19.1. The van der Waals surface area contributed by atoms with Crippen LogP contribution in [0.3, 0.4) is 0 Å². The van der Waals surface area contributed by atoms with E-state index in [0.717, 1.165) is 36.8 Å². The maximum atomic E-state index is 15.4. The van der Waals surface area contributed by atoms with E-state index in [-0.39, 0.29) is 29.5 Å². The molecular formula is C26H38FNO4. The fourth-order valence-corrected chi connectivity index (χ4v) is 4.81. The van der Waals surface area contributed by atoms with Crippen LogP contribution in [-0.2, 0) is 16.0 Å². The van der Waals surface area contributed by atoms with Gasteiger partial charge in [-0.25, -0.2) is 9.18 Å². The van der Waals surface area contributed by atoms with Crippen LogP contribution in [0.2, 0.25) is 0 Å². The molecule has 1 N–H and O–H groups in total.